The normalized spacial score (nSPS) is 13.3. The Morgan fingerprint density at radius 3 is 2.38 bits per heavy atom. The zero-order valence-corrected chi connectivity index (χ0v) is 14.0. The van der Waals surface area contributed by atoms with E-state index in [0.29, 0.717) is 5.69 Å². The van der Waals surface area contributed by atoms with Crippen molar-refractivity contribution in [1.82, 2.24) is 4.72 Å². The lowest BCUT2D eigenvalue weighted by atomic mass is 10.1. The Kier molecular flexibility index (Phi) is 4.70. The highest BCUT2D eigenvalue weighted by Gasteiger charge is 2.18. The molecule has 4 nitrogen and oxygen atoms in total. The molecule has 1 unspecified atom stereocenters. The maximum atomic E-state index is 12.2. The molecule has 1 heterocycles. The first-order chi connectivity index (χ1) is 9.77. The fraction of sp³-hybridized carbons (Fsp3) is 0.333. The van der Waals surface area contributed by atoms with Crippen LogP contribution in [0.15, 0.2) is 30.3 Å². The van der Waals surface area contributed by atoms with E-state index in [1.807, 2.05) is 26.8 Å². The smallest absolute Gasteiger partial charge is 0.216 e. The molecule has 1 aromatic heterocycles. The van der Waals surface area contributed by atoms with Gasteiger partial charge < -0.3 is 5.73 Å². The monoisotopic (exact) mass is 324 g/mol. The van der Waals surface area contributed by atoms with E-state index in [4.69, 9.17) is 5.73 Å². The van der Waals surface area contributed by atoms with Crippen LogP contribution in [-0.4, -0.2) is 8.42 Å². The summed E-state index contributed by atoms with van der Waals surface area (Å²) in [7, 11) is -3.39. The minimum absolute atomic E-state index is 0.0419. The molecule has 2 aromatic rings. The van der Waals surface area contributed by atoms with Gasteiger partial charge in [-0.15, -0.1) is 11.3 Å². The van der Waals surface area contributed by atoms with Crippen molar-refractivity contribution >= 4 is 27.0 Å². The average Bonchev–Trinajstić information content (AvgIpc) is 2.70. The Balaban J connectivity index is 2.10. The van der Waals surface area contributed by atoms with Crippen LogP contribution in [0.2, 0.25) is 0 Å². The van der Waals surface area contributed by atoms with Gasteiger partial charge in [-0.05, 0) is 50.1 Å². The molecule has 21 heavy (non-hydrogen) atoms. The molecule has 0 spiro atoms. The summed E-state index contributed by atoms with van der Waals surface area (Å²) in [5.74, 6) is -0.0419. The van der Waals surface area contributed by atoms with Crippen LogP contribution in [0.4, 0.5) is 5.69 Å². The second kappa shape index (κ2) is 6.17. The molecular weight excluding hydrogens is 304 g/mol. The molecule has 0 radical (unpaired) electrons. The number of hydrogen-bond acceptors (Lipinski definition) is 4. The number of rotatable bonds is 5. The molecule has 2 rings (SSSR count). The van der Waals surface area contributed by atoms with Crippen LogP contribution in [0.5, 0.6) is 0 Å². The third-order valence-electron chi connectivity index (χ3n) is 3.24. The van der Waals surface area contributed by atoms with Crippen LogP contribution in [0, 0.1) is 13.8 Å². The molecule has 0 aliphatic heterocycles. The van der Waals surface area contributed by atoms with E-state index in [1.54, 1.807) is 35.6 Å². The lowest BCUT2D eigenvalue weighted by Crippen LogP contribution is -2.28. The van der Waals surface area contributed by atoms with Gasteiger partial charge in [0.15, 0.2) is 0 Å². The molecule has 6 heteroatoms. The second-order valence-electron chi connectivity index (χ2n) is 5.21. The van der Waals surface area contributed by atoms with Crippen molar-refractivity contribution in [2.75, 3.05) is 5.73 Å². The predicted octanol–water partition coefficient (Wildman–Crippen LogP) is 3.13. The minimum atomic E-state index is -3.39. The molecular formula is C15H20N2O2S2. The number of nitrogens with one attached hydrogen (secondary N) is 1. The lowest BCUT2D eigenvalue weighted by Gasteiger charge is -2.14. The fourth-order valence-electron chi connectivity index (χ4n) is 2.29. The summed E-state index contributed by atoms with van der Waals surface area (Å²) >= 11 is 1.68. The molecule has 0 bridgehead atoms. The van der Waals surface area contributed by atoms with Gasteiger partial charge >= 0.3 is 0 Å². The first-order valence-corrected chi connectivity index (χ1v) is 9.15. The number of hydrogen-bond donors (Lipinski definition) is 2. The van der Waals surface area contributed by atoms with Crippen molar-refractivity contribution in [3.8, 4) is 0 Å². The number of sulfonamides is 1. The summed E-state index contributed by atoms with van der Waals surface area (Å²) in [6.45, 7) is 5.91. The van der Waals surface area contributed by atoms with Crippen LogP contribution < -0.4 is 10.5 Å². The molecule has 0 amide bonds. The Labute approximate surface area is 130 Å². The van der Waals surface area contributed by atoms with E-state index in [1.165, 1.54) is 4.88 Å². The highest BCUT2D eigenvalue weighted by molar-refractivity contribution is 7.88. The molecule has 0 fully saturated rings. The molecule has 1 atom stereocenters. The summed E-state index contributed by atoms with van der Waals surface area (Å²) in [6.07, 6.45) is 0. The highest BCUT2D eigenvalue weighted by atomic mass is 32.2. The van der Waals surface area contributed by atoms with Gasteiger partial charge in [0.25, 0.3) is 0 Å². The second-order valence-corrected chi connectivity index (χ2v) is 8.42. The van der Waals surface area contributed by atoms with Gasteiger partial charge in [0.2, 0.25) is 10.0 Å². The number of nitrogens with two attached hydrogens (primary N) is 1. The van der Waals surface area contributed by atoms with Gasteiger partial charge in [-0.1, -0.05) is 12.1 Å². The van der Waals surface area contributed by atoms with Crippen LogP contribution in [-0.2, 0) is 15.8 Å². The zero-order chi connectivity index (χ0) is 15.6. The SMILES string of the molecule is Cc1cc(C(C)NS(=O)(=O)Cc2ccc(N)cc2)c(C)s1. The number of aryl methyl sites for hydroxylation is 2. The molecule has 0 aliphatic rings. The van der Waals surface area contributed by atoms with Gasteiger partial charge in [0.1, 0.15) is 0 Å². The lowest BCUT2D eigenvalue weighted by molar-refractivity contribution is 0.566. The molecule has 0 saturated carbocycles. The van der Waals surface area contributed by atoms with Crippen molar-refractivity contribution < 1.29 is 8.42 Å². The van der Waals surface area contributed by atoms with Gasteiger partial charge in [-0.3, -0.25) is 0 Å². The van der Waals surface area contributed by atoms with Crippen molar-refractivity contribution in [3.63, 3.8) is 0 Å². The maximum Gasteiger partial charge on any atom is 0.216 e. The Morgan fingerprint density at radius 1 is 1.24 bits per heavy atom. The summed E-state index contributed by atoms with van der Waals surface area (Å²) in [4.78, 5) is 2.34. The summed E-state index contributed by atoms with van der Waals surface area (Å²) in [6, 6.07) is 8.70. The standard InChI is InChI=1S/C15H20N2O2S2/c1-10-8-15(12(3)20-10)11(2)17-21(18,19)9-13-4-6-14(16)7-5-13/h4-8,11,17H,9,16H2,1-3H3. The van der Waals surface area contributed by atoms with Crippen molar-refractivity contribution in [2.45, 2.75) is 32.6 Å². The van der Waals surface area contributed by atoms with Gasteiger partial charge in [0.05, 0.1) is 5.75 Å². The first kappa shape index (κ1) is 16.0. The van der Waals surface area contributed by atoms with Gasteiger partial charge in [-0.25, -0.2) is 13.1 Å². The number of nitrogen functional groups attached to an aromatic ring is 1. The van der Waals surface area contributed by atoms with Crippen LogP contribution in [0.1, 0.15) is 33.8 Å². The summed E-state index contributed by atoms with van der Waals surface area (Å²) < 4.78 is 27.2. The van der Waals surface area contributed by atoms with E-state index in [-0.39, 0.29) is 11.8 Å². The topological polar surface area (TPSA) is 72.2 Å². The molecule has 114 valence electrons. The van der Waals surface area contributed by atoms with E-state index < -0.39 is 10.0 Å². The number of anilines is 1. The molecule has 3 N–H and O–H groups in total. The first-order valence-electron chi connectivity index (χ1n) is 6.68. The fourth-order valence-corrected chi connectivity index (χ4v) is 4.69. The van der Waals surface area contributed by atoms with Crippen molar-refractivity contribution in [3.05, 3.63) is 51.2 Å². The summed E-state index contributed by atoms with van der Waals surface area (Å²) in [5.41, 5.74) is 7.99. The third kappa shape index (κ3) is 4.30. The Hall–Kier alpha value is -1.37. The zero-order valence-electron chi connectivity index (χ0n) is 12.4. The molecule has 0 saturated heterocycles. The van der Waals surface area contributed by atoms with Crippen molar-refractivity contribution in [1.29, 1.82) is 0 Å². The van der Waals surface area contributed by atoms with Crippen molar-refractivity contribution in [2.24, 2.45) is 0 Å². The third-order valence-corrected chi connectivity index (χ3v) is 5.65. The highest BCUT2D eigenvalue weighted by Crippen LogP contribution is 2.26. The average molecular weight is 324 g/mol. The van der Waals surface area contributed by atoms with Gasteiger partial charge in [0, 0.05) is 21.5 Å². The number of thiophene rings is 1. The Bertz CT molecular complexity index is 719. The van der Waals surface area contributed by atoms with E-state index >= 15 is 0 Å². The molecule has 1 aromatic carbocycles. The van der Waals surface area contributed by atoms with Crippen LogP contribution in [0.25, 0.3) is 0 Å². The summed E-state index contributed by atoms with van der Waals surface area (Å²) in [5, 5.41) is 0. The van der Waals surface area contributed by atoms with Crippen LogP contribution in [0.3, 0.4) is 0 Å². The molecule has 0 aliphatic carbocycles. The van der Waals surface area contributed by atoms with E-state index in [0.717, 1.165) is 16.0 Å². The quantitative estimate of drug-likeness (QED) is 0.830. The largest absolute Gasteiger partial charge is 0.399 e. The maximum absolute atomic E-state index is 12.2. The van der Waals surface area contributed by atoms with Crippen LogP contribution >= 0.6 is 11.3 Å². The minimum Gasteiger partial charge on any atom is -0.399 e. The predicted molar refractivity (Wildman–Crippen MR) is 88.8 cm³/mol. The van der Waals surface area contributed by atoms with Gasteiger partial charge in [-0.2, -0.15) is 0 Å². The number of benzene rings is 1. The van der Waals surface area contributed by atoms with E-state index in [9.17, 15) is 8.42 Å². The van der Waals surface area contributed by atoms with E-state index in [2.05, 4.69) is 4.72 Å². The Morgan fingerprint density at radius 2 is 1.86 bits per heavy atom.